The van der Waals surface area contributed by atoms with Gasteiger partial charge in [0.05, 0.1) is 19.9 Å². The van der Waals surface area contributed by atoms with E-state index < -0.39 is 0 Å². The minimum Gasteiger partial charge on any atom is -0.493 e. The highest BCUT2D eigenvalue weighted by atomic mass is 16.5. The molecule has 0 amide bonds. The molecule has 0 atom stereocenters. The van der Waals surface area contributed by atoms with E-state index in [2.05, 4.69) is 10.2 Å². The summed E-state index contributed by atoms with van der Waals surface area (Å²) in [5.41, 5.74) is 4.03. The largest absolute Gasteiger partial charge is 0.493 e. The second kappa shape index (κ2) is 5.14. The zero-order valence-electron chi connectivity index (χ0n) is 11.4. The van der Waals surface area contributed by atoms with Crippen LogP contribution in [-0.4, -0.2) is 30.7 Å². The van der Waals surface area contributed by atoms with Gasteiger partial charge in [0, 0.05) is 22.4 Å². The molecule has 0 unspecified atom stereocenters. The van der Waals surface area contributed by atoms with E-state index in [1.54, 1.807) is 26.4 Å². The Balaban J connectivity index is 2.77. The summed E-state index contributed by atoms with van der Waals surface area (Å²) in [7, 11) is 3.12. The Morgan fingerprint density at radius 3 is 2.42 bits per heavy atom. The standard InChI is InChI=1S/C14H16N2O3/c1-8-13(9(2)16-15-8)11-5-10(7-17)6-12(18-3)14(11)19-4/h5-7H,1-4H3,(H,15,16). The average molecular weight is 260 g/mol. The van der Waals surface area contributed by atoms with Crippen molar-refractivity contribution in [1.29, 1.82) is 0 Å². The Bertz CT molecular complexity index is 598. The molecule has 100 valence electrons. The molecule has 0 fully saturated rings. The van der Waals surface area contributed by atoms with E-state index in [0.29, 0.717) is 17.1 Å². The number of nitrogens with one attached hydrogen (secondary N) is 1. The van der Waals surface area contributed by atoms with Gasteiger partial charge in [0.25, 0.3) is 0 Å². The number of aromatic amines is 1. The molecule has 0 bridgehead atoms. The zero-order chi connectivity index (χ0) is 14.0. The van der Waals surface area contributed by atoms with Crippen molar-refractivity contribution < 1.29 is 14.3 Å². The number of hydrogen-bond acceptors (Lipinski definition) is 4. The van der Waals surface area contributed by atoms with Crippen LogP contribution in [0.4, 0.5) is 0 Å². The van der Waals surface area contributed by atoms with Crippen LogP contribution in [-0.2, 0) is 0 Å². The van der Waals surface area contributed by atoms with E-state index in [1.807, 2.05) is 13.8 Å². The number of methoxy groups -OCH3 is 2. The molecule has 1 N–H and O–H groups in total. The van der Waals surface area contributed by atoms with Gasteiger partial charge in [0.15, 0.2) is 11.5 Å². The van der Waals surface area contributed by atoms with E-state index in [-0.39, 0.29) is 0 Å². The Labute approximate surface area is 111 Å². The summed E-state index contributed by atoms with van der Waals surface area (Å²) in [6, 6.07) is 3.43. The van der Waals surface area contributed by atoms with E-state index >= 15 is 0 Å². The van der Waals surface area contributed by atoms with Gasteiger partial charge < -0.3 is 9.47 Å². The minimum absolute atomic E-state index is 0.530. The predicted molar refractivity (Wildman–Crippen MR) is 72.0 cm³/mol. The zero-order valence-corrected chi connectivity index (χ0v) is 11.4. The molecular formula is C14H16N2O3. The monoisotopic (exact) mass is 260 g/mol. The number of aryl methyl sites for hydroxylation is 2. The number of carbonyl (C=O) groups excluding carboxylic acids is 1. The van der Waals surface area contributed by atoms with Gasteiger partial charge in [-0.15, -0.1) is 0 Å². The lowest BCUT2D eigenvalue weighted by molar-refractivity contribution is 0.112. The lowest BCUT2D eigenvalue weighted by Crippen LogP contribution is -1.96. The third-order valence-corrected chi connectivity index (χ3v) is 3.03. The molecule has 0 aliphatic heterocycles. The van der Waals surface area contributed by atoms with Crippen LogP contribution in [0.3, 0.4) is 0 Å². The summed E-state index contributed by atoms with van der Waals surface area (Å²) in [5.74, 6) is 1.13. The summed E-state index contributed by atoms with van der Waals surface area (Å²) < 4.78 is 10.7. The highest BCUT2D eigenvalue weighted by molar-refractivity contribution is 5.85. The van der Waals surface area contributed by atoms with E-state index in [1.165, 1.54) is 0 Å². The normalized spacial score (nSPS) is 10.3. The number of benzene rings is 1. The smallest absolute Gasteiger partial charge is 0.168 e. The summed E-state index contributed by atoms with van der Waals surface area (Å²) >= 11 is 0. The summed E-state index contributed by atoms with van der Waals surface area (Å²) in [4.78, 5) is 11.0. The molecule has 5 nitrogen and oxygen atoms in total. The molecule has 0 saturated carbocycles. The molecule has 0 radical (unpaired) electrons. The van der Waals surface area contributed by atoms with Crippen LogP contribution in [0.5, 0.6) is 11.5 Å². The first kappa shape index (κ1) is 13.1. The first-order valence-electron chi connectivity index (χ1n) is 5.85. The molecule has 19 heavy (non-hydrogen) atoms. The quantitative estimate of drug-likeness (QED) is 0.858. The highest BCUT2D eigenvalue weighted by Crippen LogP contribution is 2.40. The lowest BCUT2D eigenvalue weighted by atomic mass is 10.00. The van der Waals surface area contributed by atoms with E-state index in [4.69, 9.17) is 9.47 Å². The fourth-order valence-electron chi connectivity index (χ4n) is 2.19. The van der Waals surface area contributed by atoms with Crippen molar-refractivity contribution >= 4 is 6.29 Å². The number of aldehydes is 1. The van der Waals surface area contributed by atoms with Crippen LogP contribution in [0.15, 0.2) is 12.1 Å². The lowest BCUT2D eigenvalue weighted by Gasteiger charge is -2.14. The molecule has 1 heterocycles. The first-order chi connectivity index (χ1) is 9.12. The summed E-state index contributed by atoms with van der Waals surface area (Å²) in [5, 5.41) is 7.10. The number of rotatable bonds is 4. The van der Waals surface area contributed by atoms with Gasteiger partial charge in [0.2, 0.25) is 0 Å². The van der Waals surface area contributed by atoms with Gasteiger partial charge in [0.1, 0.15) is 6.29 Å². The number of nitrogens with zero attached hydrogens (tertiary/aromatic N) is 1. The molecule has 5 heteroatoms. The van der Waals surface area contributed by atoms with Crippen LogP contribution in [0, 0.1) is 13.8 Å². The second-order valence-electron chi connectivity index (χ2n) is 4.23. The molecule has 0 spiro atoms. The molecule has 0 saturated heterocycles. The van der Waals surface area contributed by atoms with Crippen LogP contribution >= 0.6 is 0 Å². The molecule has 0 aliphatic rings. The van der Waals surface area contributed by atoms with Crippen molar-refractivity contribution in [2.24, 2.45) is 0 Å². The Hall–Kier alpha value is -2.30. The van der Waals surface area contributed by atoms with Gasteiger partial charge in [-0.2, -0.15) is 5.10 Å². The van der Waals surface area contributed by atoms with Crippen molar-refractivity contribution in [1.82, 2.24) is 10.2 Å². The topological polar surface area (TPSA) is 64.2 Å². The number of ether oxygens (including phenoxy) is 2. The first-order valence-corrected chi connectivity index (χ1v) is 5.85. The number of aromatic nitrogens is 2. The van der Waals surface area contributed by atoms with Crippen molar-refractivity contribution in [3.8, 4) is 22.6 Å². The molecular weight excluding hydrogens is 244 g/mol. The van der Waals surface area contributed by atoms with Gasteiger partial charge in [-0.05, 0) is 26.0 Å². The van der Waals surface area contributed by atoms with E-state index in [9.17, 15) is 4.79 Å². The summed E-state index contributed by atoms with van der Waals surface area (Å²) in [6.45, 7) is 3.83. The number of carbonyl (C=O) groups is 1. The second-order valence-corrected chi connectivity index (χ2v) is 4.23. The van der Waals surface area contributed by atoms with Gasteiger partial charge in [-0.1, -0.05) is 0 Å². The maximum atomic E-state index is 11.0. The molecule has 2 aromatic rings. The van der Waals surface area contributed by atoms with Gasteiger partial charge in [-0.25, -0.2) is 0 Å². The van der Waals surface area contributed by atoms with Crippen molar-refractivity contribution in [2.45, 2.75) is 13.8 Å². The van der Waals surface area contributed by atoms with Crippen LogP contribution in [0.2, 0.25) is 0 Å². The molecule has 1 aromatic heterocycles. The third-order valence-electron chi connectivity index (χ3n) is 3.03. The predicted octanol–water partition coefficient (Wildman–Crippen LogP) is 2.52. The molecule has 2 rings (SSSR count). The maximum Gasteiger partial charge on any atom is 0.168 e. The Morgan fingerprint density at radius 2 is 1.95 bits per heavy atom. The van der Waals surface area contributed by atoms with Crippen molar-refractivity contribution in [2.75, 3.05) is 14.2 Å². The fraction of sp³-hybridized carbons (Fsp3) is 0.286. The SMILES string of the molecule is COc1cc(C=O)cc(-c2c(C)n[nH]c2C)c1OC. The van der Waals surface area contributed by atoms with E-state index in [0.717, 1.165) is 28.8 Å². The number of H-pyrrole nitrogens is 1. The van der Waals surface area contributed by atoms with Gasteiger partial charge in [-0.3, -0.25) is 9.89 Å². The summed E-state index contributed by atoms with van der Waals surface area (Å²) in [6.07, 6.45) is 0.788. The average Bonchev–Trinajstić information content (AvgIpc) is 2.76. The minimum atomic E-state index is 0.530. The molecule has 1 aromatic carbocycles. The maximum absolute atomic E-state index is 11.0. The van der Waals surface area contributed by atoms with Crippen LogP contribution < -0.4 is 9.47 Å². The Kier molecular flexibility index (Phi) is 3.55. The Morgan fingerprint density at radius 1 is 1.21 bits per heavy atom. The highest BCUT2D eigenvalue weighted by Gasteiger charge is 2.18. The molecule has 0 aliphatic carbocycles. The number of hydrogen-bond donors (Lipinski definition) is 1. The fourth-order valence-corrected chi connectivity index (χ4v) is 2.19. The van der Waals surface area contributed by atoms with Crippen LogP contribution in [0.25, 0.3) is 11.1 Å². The van der Waals surface area contributed by atoms with Gasteiger partial charge >= 0.3 is 0 Å². The third kappa shape index (κ3) is 2.19. The van der Waals surface area contributed by atoms with Crippen molar-refractivity contribution in [3.63, 3.8) is 0 Å². The van der Waals surface area contributed by atoms with Crippen LogP contribution in [0.1, 0.15) is 21.7 Å². The van der Waals surface area contributed by atoms with Crippen molar-refractivity contribution in [3.05, 3.63) is 29.1 Å².